The molecular formula is C11H14OS2. The number of aryl methyl sites for hydroxylation is 1. The van der Waals surface area contributed by atoms with Gasteiger partial charge in [-0.3, -0.25) is 4.79 Å². The van der Waals surface area contributed by atoms with Gasteiger partial charge < -0.3 is 0 Å². The number of hydrogen-bond donors (Lipinski definition) is 0. The second kappa shape index (κ2) is 4.07. The number of fused-ring (bicyclic) bond motifs is 1. The molecule has 1 aromatic rings. The fourth-order valence-corrected chi connectivity index (χ4v) is 4.01. The Bertz CT molecular complexity index is 329. The molecule has 0 atom stereocenters. The first-order valence-electron chi connectivity index (χ1n) is 4.92. The smallest absolute Gasteiger partial charge is 0.175 e. The molecular weight excluding hydrogens is 212 g/mol. The predicted octanol–water partition coefficient (Wildman–Crippen LogP) is 3.38. The van der Waals surface area contributed by atoms with Gasteiger partial charge in [-0.05, 0) is 23.8 Å². The van der Waals surface area contributed by atoms with Crippen LogP contribution in [-0.4, -0.2) is 11.5 Å². The summed E-state index contributed by atoms with van der Waals surface area (Å²) in [5.74, 6) is 2.73. The number of carbonyl (C=O) groups is 1. The van der Waals surface area contributed by atoms with E-state index in [-0.39, 0.29) is 5.92 Å². The monoisotopic (exact) mass is 226 g/mol. The normalized spacial score (nSPS) is 15.6. The van der Waals surface area contributed by atoms with Crippen LogP contribution in [0, 0.1) is 5.92 Å². The third kappa shape index (κ3) is 1.89. The molecule has 1 nitrogen and oxygen atoms in total. The van der Waals surface area contributed by atoms with Crippen LogP contribution in [0.4, 0.5) is 0 Å². The second-order valence-corrected chi connectivity index (χ2v) is 6.12. The molecule has 0 amide bonds. The summed E-state index contributed by atoms with van der Waals surface area (Å²) in [6, 6.07) is 2.11. The van der Waals surface area contributed by atoms with E-state index in [2.05, 4.69) is 6.07 Å². The minimum atomic E-state index is 0.128. The van der Waals surface area contributed by atoms with Crippen molar-refractivity contribution in [2.75, 3.05) is 5.75 Å². The lowest BCUT2D eigenvalue weighted by atomic mass is 10.1. The van der Waals surface area contributed by atoms with Crippen LogP contribution in [0.1, 0.15) is 34.0 Å². The fraction of sp³-hybridized carbons (Fsp3) is 0.545. The highest BCUT2D eigenvalue weighted by molar-refractivity contribution is 7.98. The molecule has 0 saturated heterocycles. The summed E-state index contributed by atoms with van der Waals surface area (Å²) < 4.78 is 0. The number of ketones is 1. The summed E-state index contributed by atoms with van der Waals surface area (Å²) in [4.78, 5) is 14.2. The number of hydrogen-bond acceptors (Lipinski definition) is 3. The number of Topliss-reactive ketones (excluding diaryl/α,β-unsaturated/α-hetero) is 1. The molecule has 0 radical (unpaired) electrons. The summed E-state index contributed by atoms with van der Waals surface area (Å²) in [5, 5.41) is 0. The Morgan fingerprint density at radius 3 is 2.93 bits per heavy atom. The van der Waals surface area contributed by atoms with Crippen molar-refractivity contribution in [1.82, 2.24) is 0 Å². The van der Waals surface area contributed by atoms with Gasteiger partial charge in [-0.2, -0.15) is 11.8 Å². The van der Waals surface area contributed by atoms with Gasteiger partial charge >= 0.3 is 0 Å². The van der Waals surface area contributed by atoms with Crippen molar-refractivity contribution in [1.29, 1.82) is 0 Å². The zero-order valence-corrected chi connectivity index (χ0v) is 10.1. The first kappa shape index (κ1) is 10.2. The maximum atomic E-state index is 11.8. The van der Waals surface area contributed by atoms with Crippen LogP contribution >= 0.6 is 23.1 Å². The Hall–Kier alpha value is -0.280. The van der Waals surface area contributed by atoms with Crippen LogP contribution in [-0.2, 0) is 12.2 Å². The van der Waals surface area contributed by atoms with Crippen LogP contribution in [0.2, 0.25) is 0 Å². The summed E-state index contributed by atoms with van der Waals surface area (Å²) in [6.45, 7) is 3.94. The lowest BCUT2D eigenvalue weighted by Crippen LogP contribution is -2.04. The molecule has 2 rings (SSSR count). The molecule has 0 aromatic carbocycles. The molecule has 0 fully saturated rings. The average molecular weight is 226 g/mol. The zero-order chi connectivity index (χ0) is 10.1. The van der Waals surface area contributed by atoms with Gasteiger partial charge in [0.05, 0.1) is 4.88 Å². The van der Waals surface area contributed by atoms with E-state index in [0.29, 0.717) is 5.78 Å². The molecule has 0 spiro atoms. The summed E-state index contributed by atoms with van der Waals surface area (Å²) >= 11 is 3.68. The van der Waals surface area contributed by atoms with Crippen LogP contribution < -0.4 is 0 Å². The van der Waals surface area contributed by atoms with E-state index in [9.17, 15) is 4.79 Å². The third-order valence-electron chi connectivity index (χ3n) is 2.39. The van der Waals surface area contributed by atoms with Crippen molar-refractivity contribution in [3.8, 4) is 0 Å². The number of carbonyl (C=O) groups excluding carboxylic acids is 1. The molecule has 1 aliphatic rings. The second-order valence-electron chi connectivity index (χ2n) is 3.88. The Kier molecular flexibility index (Phi) is 2.98. The molecule has 0 saturated carbocycles. The Balaban J connectivity index is 2.28. The van der Waals surface area contributed by atoms with Gasteiger partial charge in [0, 0.05) is 16.5 Å². The molecule has 14 heavy (non-hydrogen) atoms. The fourth-order valence-electron chi connectivity index (χ4n) is 1.55. The molecule has 0 N–H and O–H groups in total. The van der Waals surface area contributed by atoms with E-state index < -0.39 is 0 Å². The first-order chi connectivity index (χ1) is 6.68. The van der Waals surface area contributed by atoms with Crippen molar-refractivity contribution in [3.05, 3.63) is 21.4 Å². The lowest BCUT2D eigenvalue weighted by Gasteiger charge is -2.08. The number of thiophene rings is 1. The minimum Gasteiger partial charge on any atom is -0.293 e. The van der Waals surface area contributed by atoms with Crippen molar-refractivity contribution >= 4 is 28.9 Å². The zero-order valence-electron chi connectivity index (χ0n) is 8.50. The molecule has 1 aliphatic heterocycles. The number of rotatable bonds is 2. The van der Waals surface area contributed by atoms with Gasteiger partial charge in [0.15, 0.2) is 5.78 Å². The largest absolute Gasteiger partial charge is 0.293 e. The van der Waals surface area contributed by atoms with E-state index in [0.717, 1.165) is 17.1 Å². The first-order valence-corrected chi connectivity index (χ1v) is 6.89. The average Bonchev–Trinajstić information content (AvgIpc) is 2.59. The van der Waals surface area contributed by atoms with E-state index in [1.807, 2.05) is 25.6 Å². The van der Waals surface area contributed by atoms with Gasteiger partial charge in [0.25, 0.3) is 0 Å². The van der Waals surface area contributed by atoms with Gasteiger partial charge in [0.1, 0.15) is 0 Å². The summed E-state index contributed by atoms with van der Waals surface area (Å²) in [5.41, 5.74) is 1.40. The minimum absolute atomic E-state index is 0.128. The van der Waals surface area contributed by atoms with Crippen LogP contribution in [0.15, 0.2) is 6.07 Å². The molecule has 2 heterocycles. The highest BCUT2D eigenvalue weighted by Crippen LogP contribution is 2.32. The van der Waals surface area contributed by atoms with E-state index in [4.69, 9.17) is 0 Å². The maximum absolute atomic E-state index is 11.8. The van der Waals surface area contributed by atoms with Crippen LogP contribution in [0.25, 0.3) is 0 Å². The highest BCUT2D eigenvalue weighted by Gasteiger charge is 2.18. The van der Waals surface area contributed by atoms with Gasteiger partial charge in [0.2, 0.25) is 0 Å². The standard InChI is InChI=1S/C11H14OS2/c1-7(2)11(12)10-5-8-6-13-4-3-9(8)14-10/h5,7H,3-4,6H2,1-2H3. The quantitative estimate of drug-likeness (QED) is 0.719. The maximum Gasteiger partial charge on any atom is 0.175 e. The Morgan fingerprint density at radius 2 is 2.29 bits per heavy atom. The van der Waals surface area contributed by atoms with Crippen LogP contribution in [0.3, 0.4) is 0 Å². The molecule has 1 aromatic heterocycles. The predicted molar refractivity (Wildman–Crippen MR) is 63.4 cm³/mol. The lowest BCUT2D eigenvalue weighted by molar-refractivity contribution is 0.0943. The highest BCUT2D eigenvalue weighted by atomic mass is 32.2. The van der Waals surface area contributed by atoms with Crippen LogP contribution in [0.5, 0.6) is 0 Å². The molecule has 0 unspecified atom stereocenters. The third-order valence-corrected chi connectivity index (χ3v) is 4.65. The van der Waals surface area contributed by atoms with Crippen molar-refractivity contribution < 1.29 is 4.79 Å². The van der Waals surface area contributed by atoms with Gasteiger partial charge in [-0.15, -0.1) is 11.3 Å². The summed E-state index contributed by atoms with van der Waals surface area (Å²) in [6.07, 6.45) is 1.15. The SMILES string of the molecule is CC(C)C(=O)c1cc2c(s1)CCSC2. The molecule has 0 aliphatic carbocycles. The number of thioether (sulfide) groups is 1. The van der Waals surface area contributed by atoms with Gasteiger partial charge in [-0.1, -0.05) is 13.8 Å². The molecule has 76 valence electrons. The topological polar surface area (TPSA) is 17.1 Å². The van der Waals surface area contributed by atoms with Gasteiger partial charge in [-0.25, -0.2) is 0 Å². The Morgan fingerprint density at radius 1 is 1.50 bits per heavy atom. The van der Waals surface area contributed by atoms with E-state index in [1.54, 1.807) is 11.3 Å². The van der Waals surface area contributed by atoms with Crippen molar-refractivity contribution in [2.45, 2.75) is 26.0 Å². The molecule has 3 heteroatoms. The Labute approximate surface area is 92.9 Å². The van der Waals surface area contributed by atoms with Crippen molar-refractivity contribution in [3.63, 3.8) is 0 Å². The summed E-state index contributed by atoms with van der Waals surface area (Å²) in [7, 11) is 0. The van der Waals surface area contributed by atoms with E-state index >= 15 is 0 Å². The van der Waals surface area contributed by atoms with E-state index in [1.165, 1.54) is 16.2 Å². The molecule has 0 bridgehead atoms. The van der Waals surface area contributed by atoms with Crippen molar-refractivity contribution in [2.24, 2.45) is 5.92 Å².